The van der Waals surface area contributed by atoms with E-state index < -0.39 is 5.41 Å². The van der Waals surface area contributed by atoms with E-state index in [9.17, 15) is 9.18 Å². The highest BCUT2D eigenvalue weighted by atomic mass is 19.1. The van der Waals surface area contributed by atoms with Crippen LogP contribution in [0.5, 0.6) is 0 Å². The molecule has 4 rings (SSSR count). The molecule has 2 fully saturated rings. The lowest BCUT2D eigenvalue weighted by Gasteiger charge is -2.44. The van der Waals surface area contributed by atoms with Crippen LogP contribution in [0.4, 0.5) is 4.39 Å². The summed E-state index contributed by atoms with van der Waals surface area (Å²) in [5.41, 5.74) is 1.87. The maximum Gasteiger partial charge on any atom is 0.233 e. The normalized spacial score (nSPS) is 20.0. The first kappa shape index (κ1) is 18.2. The maximum absolute atomic E-state index is 13.4. The average Bonchev–Trinajstić information content (AvgIpc) is 2.89. The minimum Gasteiger partial charge on any atom is -0.341 e. The monoisotopic (exact) mass is 366 g/mol. The second-order valence-electron chi connectivity index (χ2n) is 7.85. The Bertz CT molecular complexity index is 771. The Hall–Kier alpha value is -2.20. The first-order chi connectivity index (χ1) is 13.2. The lowest BCUT2D eigenvalue weighted by Crippen LogP contribution is -2.51. The van der Waals surface area contributed by atoms with Crippen LogP contribution in [-0.4, -0.2) is 41.9 Å². The number of amides is 1. The molecule has 1 heterocycles. The number of benzene rings is 2. The van der Waals surface area contributed by atoms with E-state index in [1.165, 1.54) is 17.7 Å². The minimum atomic E-state index is -0.428. The number of hydrogen-bond acceptors (Lipinski definition) is 2. The molecule has 1 amide bonds. The van der Waals surface area contributed by atoms with Crippen LogP contribution in [0.1, 0.15) is 36.8 Å². The van der Waals surface area contributed by atoms with Gasteiger partial charge < -0.3 is 4.90 Å². The average molecular weight is 366 g/mol. The third kappa shape index (κ3) is 3.77. The van der Waals surface area contributed by atoms with Crippen LogP contribution in [0.2, 0.25) is 0 Å². The van der Waals surface area contributed by atoms with Gasteiger partial charge in [0.1, 0.15) is 5.82 Å². The zero-order valence-corrected chi connectivity index (χ0v) is 15.7. The molecule has 0 bridgehead atoms. The lowest BCUT2D eigenvalue weighted by atomic mass is 9.63. The van der Waals surface area contributed by atoms with E-state index in [1.807, 2.05) is 11.0 Å². The van der Waals surface area contributed by atoms with Gasteiger partial charge in [0.2, 0.25) is 5.91 Å². The largest absolute Gasteiger partial charge is 0.341 e. The van der Waals surface area contributed by atoms with Crippen LogP contribution in [0.3, 0.4) is 0 Å². The van der Waals surface area contributed by atoms with Crippen LogP contribution in [-0.2, 0) is 16.8 Å². The highest BCUT2D eigenvalue weighted by Gasteiger charge is 2.47. The van der Waals surface area contributed by atoms with E-state index in [2.05, 4.69) is 29.2 Å². The zero-order valence-electron chi connectivity index (χ0n) is 15.7. The van der Waals surface area contributed by atoms with Crippen molar-refractivity contribution in [2.75, 3.05) is 26.2 Å². The molecule has 0 spiro atoms. The Balaban J connectivity index is 1.43. The molecule has 1 aliphatic carbocycles. The summed E-state index contributed by atoms with van der Waals surface area (Å²) < 4.78 is 13.3. The van der Waals surface area contributed by atoms with Gasteiger partial charge in [-0.05, 0) is 42.5 Å². The molecule has 2 aromatic carbocycles. The molecule has 0 aromatic heterocycles. The van der Waals surface area contributed by atoms with Gasteiger partial charge in [-0.2, -0.15) is 0 Å². The fourth-order valence-corrected chi connectivity index (χ4v) is 4.40. The van der Waals surface area contributed by atoms with Crippen LogP contribution in [0.15, 0.2) is 54.6 Å². The first-order valence-corrected chi connectivity index (χ1v) is 9.99. The highest BCUT2D eigenvalue weighted by Crippen LogP contribution is 2.45. The quantitative estimate of drug-likeness (QED) is 0.817. The number of carbonyl (C=O) groups excluding carboxylic acids is 1. The van der Waals surface area contributed by atoms with Crippen molar-refractivity contribution in [1.29, 1.82) is 0 Å². The summed E-state index contributed by atoms with van der Waals surface area (Å²) in [4.78, 5) is 17.9. The molecule has 2 aromatic rings. The van der Waals surface area contributed by atoms with Crippen LogP contribution in [0, 0.1) is 5.82 Å². The maximum atomic E-state index is 13.4. The first-order valence-electron chi connectivity index (χ1n) is 9.99. The van der Waals surface area contributed by atoms with Gasteiger partial charge in [-0.15, -0.1) is 0 Å². The number of hydrogen-bond donors (Lipinski definition) is 0. The Morgan fingerprint density at radius 1 is 0.889 bits per heavy atom. The summed E-state index contributed by atoms with van der Waals surface area (Å²) >= 11 is 0. The number of nitrogens with zero attached hydrogens (tertiary/aromatic N) is 2. The van der Waals surface area contributed by atoms with Gasteiger partial charge in [0, 0.05) is 32.7 Å². The fraction of sp³-hybridized carbons (Fsp3) is 0.435. The Kier molecular flexibility index (Phi) is 5.26. The second-order valence-corrected chi connectivity index (χ2v) is 7.85. The van der Waals surface area contributed by atoms with Crippen molar-refractivity contribution >= 4 is 5.91 Å². The molecular weight excluding hydrogens is 339 g/mol. The standard InChI is InChI=1S/C23H27FN2O/c24-21-10-8-20(9-11-21)23(12-4-13-23)22(27)26-15-5-14-25(16-17-26)18-19-6-2-1-3-7-19/h1-3,6-11H,4-5,12-18H2. The summed E-state index contributed by atoms with van der Waals surface area (Å²) in [6.45, 7) is 4.44. The van der Waals surface area contributed by atoms with Crippen molar-refractivity contribution in [1.82, 2.24) is 9.80 Å². The Morgan fingerprint density at radius 3 is 2.30 bits per heavy atom. The third-order valence-corrected chi connectivity index (χ3v) is 6.14. The van der Waals surface area contributed by atoms with E-state index in [0.717, 1.165) is 64.0 Å². The molecular formula is C23H27FN2O. The number of carbonyl (C=O) groups is 1. The fourth-order valence-electron chi connectivity index (χ4n) is 4.40. The molecule has 27 heavy (non-hydrogen) atoms. The summed E-state index contributed by atoms with van der Waals surface area (Å²) in [7, 11) is 0. The molecule has 3 nitrogen and oxygen atoms in total. The summed E-state index contributed by atoms with van der Waals surface area (Å²) in [6.07, 6.45) is 3.82. The zero-order chi connectivity index (χ0) is 18.7. The molecule has 4 heteroatoms. The van der Waals surface area contributed by atoms with Crippen molar-refractivity contribution in [3.63, 3.8) is 0 Å². The topological polar surface area (TPSA) is 23.6 Å². The van der Waals surface area contributed by atoms with E-state index >= 15 is 0 Å². The van der Waals surface area contributed by atoms with Gasteiger partial charge in [0.05, 0.1) is 5.41 Å². The van der Waals surface area contributed by atoms with Gasteiger partial charge in [0.15, 0.2) is 0 Å². The van der Waals surface area contributed by atoms with Crippen molar-refractivity contribution in [2.45, 2.75) is 37.6 Å². The molecule has 142 valence electrons. The van der Waals surface area contributed by atoms with Crippen molar-refractivity contribution < 1.29 is 9.18 Å². The summed E-state index contributed by atoms with van der Waals surface area (Å²) in [5, 5.41) is 0. The summed E-state index contributed by atoms with van der Waals surface area (Å²) in [6, 6.07) is 17.1. The van der Waals surface area contributed by atoms with Gasteiger partial charge in [-0.1, -0.05) is 48.9 Å². The number of rotatable bonds is 4. The minimum absolute atomic E-state index is 0.238. The molecule has 0 N–H and O–H groups in total. The van der Waals surface area contributed by atoms with Crippen molar-refractivity contribution in [2.24, 2.45) is 0 Å². The molecule has 2 aliphatic rings. The lowest BCUT2D eigenvalue weighted by molar-refractivity contribution is -0.140. The van der Waals surface area contributed by atoms with E-state index in [-0.39, 0.29) is 11.7 Å². The van der Waals surface area contributed by atoms with Crippen molar-refractivity contribution in [3.8, 4) is 0 Å². The molecule has 1 saturated heterocycles. The SMILES string of the molecule is O=C(N1CCCN(Cc2ccccc2)CC1)C1(c2ccc(F)cc2)CCC1. The van der Waals surface area contributed by atoms with Gasteiger partial charge in [-0.3, -0.25) is 9.69 Å². The predicted molar refractivity (Wildman–Crippen MR) is 105 cm³/mol. The van der Waals surface area contributed by atoms with Gasteiger partial charge in [0.25, 0.3) is 0 Å². The van der Waals surface area contributed by atoms with E-state index in [0.29, 0.717) is 0 Å². The molecule has 1 saturated carbocycles. The predicted octanol–water partition coefficient (Wildman–Crippen LogP) is 3.98. The second kappa shape index (κ2) is 7.81. The Labute approximate surface area is 160 Å². The van der Waals surface area contributed by atoms with E-state index in [1.54, 1.807) is 12.1 Å². The summed E-state index contributed by atoms with van der Waals surface area (Å²) in [5.74, 6) is -0.00563. The smallest absolute Gasteiger partial charge is 0.233 e. The van der Waals surface area contributed by atoms with Crippen LogP contribution < -0.4 is 0 Å². The molecule has 0 atom stereocenters. The molecule has 0 radical (unpaired) electrons. The van der Waals surface area contributed by atoms with Crippen LogP contribution in [0.25, 0.3) is 0 Å². The highest BCUT2D eigenvalue weighted by molar-refractivity contribution is 5.89. The molecule has 1 aliphatic heterocycles. The molecule has 0 unspecified atom stereocenters. The van der Waals surface area contributed by atoms with Gasteiger partial charge >= 0.3 is 0 Å². The van der Waals surface area contributed by atoms with Gasteiger partial charge in [-0.25, -0.2) is 4.39 Å². The number of halogens is 1. The third-order valence-electron chi connectivity index (χ3n) is 6.14. The van der Waals surface area contributed by atoms with E-state index in [4.69, 9.17) is 0 Å². The van der Waals surface area contributed by atoms with Crippen LogP contribution >= 0.6 is 0 Å². The van der Waals surface area contributed by atoms with Crippen molar-refractivity contribution in [3.05, 3.63) is 71.5 Å². The Morgan fingerprint density at radius 2 is 1.63 bits per heavy atom.